The Kier molecular flexibility index (Phi) is 37.7. The monoisotopic (exact) mass is 977 g/mol. The molecule has 11 unspecified atom stereocenters. The van der Waals surface area contributed by atoms with Crippen LogP contribution in [0.2, 0.25) is 0 Å². The number of hydrogen-bond donors (Lipinski definition) is 7. The molecule has 396 valence electrons. The average molecular weight is 977 g/mol. The second-order valence-corrected chi connectivity index (χ2v) is 18.0. The van der Waals surface area contributed by atoms with Crippen molar-refractivity contribution in [1.29, 1.82) is 0 Å². The van der Waals surface area contributed by atoms with E-state index in [1.165, 1.54) is 57.8 Å². The van der Waals surface area contributed by atoms with Crippen molar-refractivity contribution in [2.75, 3.05) is 33.0 Å². The van der Waals surface area contributed by atoms with Crippen LogP contribution in [0.4, 0.5) is 0 Å². The van der Waals surface area contributed by atoms with E-state index >= 15 is 0 Å². The lowest BCUT2D eigenvalue weighted by Crippen LogP contribution is -2.61. The Bertz CT molecular complexity index is 1460. The second kappa shape index (κ2) is 41.8. The predicted octanol–water partition coefficient (Wildman–Crippen LogP) is 8.07. The fraction of sp³-hybridized carbons (Fsp3) is 0.727. The van der Waals surface area contributed by atoms with Crippen LogP contribution in [-0.2, 0) is 33.2 Å². The first kappa shape index (κ1) is 62.3. The van der Waals surface area contributed by atoms with Crippen molar-refractivity contribution in [3.8, 4) is 0 Å². The van der Waals surface area contributed by atoms with Gasteiger partial charge in [0.2, 0.25) is 0 Å². The zero-order valence-electron chi connectivity index (χ0n) is 42.0. The van der Waals surface area contributed by atoms with Crippen molar-refractivity contribution in [3.05, 3.63) is 85.1 Å². The van der Waals surface area contributed by atoms with E-state index in [1.54, 1.807) is 0 Å². The van der Waals surface area contributed by atoms with Crippen molar-refractivity contribution in [1.82, 2.24) is 0 Å². The van der Waals surface area contributed by atoms with E-state index < -0.39 is 86.7 Å². The summed E-state index contributed by atoms with van der Waals surface area (Å²) in [6.07, 6.45) is 36.6. The summed E-state index contributed by atoms with van der Waals surface area (Å²) in [4.78, 5) is 13.0. The zero-order valence-corrected chi connectivity index (χ0v) is 42.0. The predicted molar refractivity (Wildman–Crippen MR) is 270 cm³/mol. The summed E-state index contributed by atoms with van der Waals surface area (Å²) < 4.78 is 34.2. The van der Waals surface area contributed by atoms with Crippen LogP contribution in [0.5, 0.6) is 0 Å². The second-order valence-electron chi connectivity index (χ2n) is 18.0. The van der Waals surface area contributed by atoms with E-state index in [9.17, 15) is 40.5 Å². The van der Waals surface area contributed by atoms with Gasteiger partial charge in [0, 0.05) is 13.0 Å². The smallest absolute Gasteiger partial charge is 0.306 e. The molecule has 14 heteroatoms. The summed E-state index contributed by atoms with van der Waals surface area (Å²) in [5.74, 6) is -0.463. The average Bonchev–Trinajstić information content (AvgIpc) is 3.35. The highest BCUT2D eigenvalue weighted by Crippen LogP contribution is 2.26. The van der Waals surface area contributed by atoms with Crippen LogP contribution in [0, 0.1) is 0 Å². The number of aliphatic hydroxyl groups excluding tert-OH is 7. The van der Waals surface area contributed by atoms with Gasteiger partial charge in [-0.25, -0.2) is 0 Å². The molecule has 0 bridgehead atoms. The van der Waals surface area contributed by atoms with E-state index in [0.717, 1.165) is 70.6 Å². The lowest BCUT2D eigenvalue weighted by molar-refractivity contribution is -0.332. The molecule has 2 aliphatic rings. The Labute approximate surface area is 414 Å². The van der Waals surface area contributed by atoms with Crippen LogP contribution in [-0.4, -0.2) is 142 Å². The van der Waals surface area contributed by atoms with Gasteiger partial charge in [0.25, 0.3) is 0 Å². The van der Waals surface area contributed by atoms with Crippen molar-refractivity contribution in [3.63, 3.8) is 0 Å². The summed E-state index contributed by atoms with van der Waals surface area (Å²) in [7, 11) is 0. The standard InChI is InChI=1S/C55H92O14/c1-3-5-7-9-11-13-15-17-19-21-22-23-24-26-28-30-32-34-36-38-47(57)67-44(41-64-39-37-35-33-31-29-27-25-20-18-16-14-12-10-8-6-4-2)42-65-54-53(63)51(61)49(59)46(69-54)43-66-55-52(62)50(60)48(58)45(40-56)68-55/h5,7,11,13,17-20,22-23,26,28,32,34,44-46,48-56,58-63H,3-4,6,8-10,12,14-16,21,24-25,27,29-31,33,35-43H2,1-2H3/b7-5-,13-11-,19-17-,20-18-,23-22-,28-26-,34-32-. The molecule has 0 aliphatic carbocycles. The summed E-state index contributed by atoms with van der Waals surface area (Å²) >= 11 is 0. The highest BCUT2D eigenvalue weighted by Gasteiger charge is 2.47. The maximum atomic E-state index is 13.0. The maximum Gasteiger partial charge on any atom is 0.306 e. The Morgan fingerprint density at radius 1 is 0.493 bits per heavy atom. The van der Waals surface area contributed by atoms with Gasteiger partial charge in [-0.15, -0.1) is 0 Å². The number of allylic oxidation sites excluding steroid dienone is 14. The van der Waals surface area contributed by atoms with Gasteiger partial charge in [0.05, 0.1) is 26.4 Å². The van der Waals surface area contributed by atoms with E-state index in [2.05, 4.69) is 86.8 Å². The number of esters is 1. The van der Waals surface area contributed by atoms with Gasteiger partial charge >= 0.3 is 5.97 Å². The van der Waals surface area contributed by atoms with Crippen LogP contribution < -0.4 is 0 Å². The highest BCUT2D eigenvalue weighted by molar-refractivity contribution is 5.69. The molecule has 0 aromatic rings. The number of unbranched alkanes of at least 4 members (excludes halogenated alkanes) is 12. The van der Waals surface area contributed by atoms with E-state index in [0.29, 0.717) is 13.0 Å². The zero-order chi connectivity index (χ0) is 50.2. The summed E-state index contributed by atoms with van der Waals surface area (Å²) in [5.41, 5.74) is 0. The summed E-state index contributed by atoms with van der Waals surface area (Å²) in [5, 5.41) is 72.1. The van der Waals surface area contributed by atoms with Gasteiger partial charge in [-0.2, -0.15) is 0 Å². The fourth-order valence-corrected chi connectivity index (χ4v) is 7.66. The molecule has 0 spiro atoms. The van der Waals surface area contributed by atoms with Crippen molar-refractivity contribution >= 4 is 5.97 Å². The Morgan fingerprint density at radius 2 is 0.942 bits per heavy atom. The van der Waals surface area contributed by atoms with Gasteiger partial charge in [-0.1, -0.05) is 157 Å². The molecular weight excluding hydrogens is 885 g/mol. The summed E-state index contributed by atoms with van der Waals surface area (Å²) in [6, 6.07) is 0. The lowest BCUT2D eigenvalue weighted by Gasteiger charge is -2.42. The molecule has 0 aromatic carbocycles. The van der Waals surface area contributed by atoms with Crippen molar-refractivity contribution < 1.29 is 69.0 Å². The van der Waals surface area contributed by atoms with Crippen molar-refractivity contribution in [2.45, 2.75) is 223 Å². The van der Waals surface area contributed by atoms with Crippen LogP contribution in [0.25, 0.3) is 0 Å². The quantitative estimate of drug-likeness (QED) is 0.0176. The third-order valence-electron chi connectivity index (χ3n) is 11.9. The molecule has 0 amide bonds. The molecule has 69 heavy (non-hydrogen) atoms. The molecule has 2 aliphatic heterocycles. The lowest BCUT2D eigenvalue weighted by atomic mass is 9.98. The molecule has 14 nitrogen and oxygen atoms in total. The molecule has 2 saturated heterocycles. The van der Waals surface area contributed by atoms with Crippen LogP contribution in [0.1, 0.15) is 155 Å². The fourth-order valence-electron chi connectivity index (χ4n) is 7.66. The van der Waals surface area contributed by atoms with Gasteiger partial charge in [-0.05, 0) is 77.0 Å². The minimum atomic E-state index is -1.72. The number of carbonyl (C=O) groups is 1. The Hall–Kier alpha value is -2.83. The Morgan fingerprint density at radius 3 is 1.48 bits per heavy atom. The van der Waals surface area contributed by atoms with Gasteiger partial charge < -0.3 is 64.2 Å². The minimum absolute atomic E-state index is 0.0222. The summed E-state index contributed by atoms with van der Waals surface area (Å²) in [6.45, 7) is 3.44. The minimum Gasteiger partial charge on any atom is -0.457 e. The van der Waals surface area contributed by atoms with Crippen LogP contribution >= 0.6 is 0 Å². The largest absolute Gasteiger partial charge is 0.457 e. The molecule has 7 N–H and O–H groups in total. The topological polar surface area (TPSA) is 214 Å². The maximum absolute atomic E-state index is 13.0. The van der Waals surface area contributed by atoms with Gasteiger partial charge in [0.1, 0.15) is 54.9 Å². The van der Waals surface area contributed by atoms with E-state index in [1.807, 2.05) is 12.2 Å². The number of ether oxygens (including phenoxy) is 6. The highest BCUT2D eigenvalue weighted by atomic mass is 16.7. The third kappa shape index (κ3) is 29.3. The molecular formula is C55H92O14. The number of aliphatic hydroxyl groups is 7. The number of rotatable bonds is 40. The third-order valence-corrected chi connectivity index (χ3v) is 11.9. The van der Waals surface area contributed by atoms with Gasteiger partial charge in [0.15, 0.2) is 12.6 Å². The van der Waals surface area contributed by atoms with Gasteiger partial charge in [-0.3, -0.25) is 4.79 Å². The molecule has 0 radical (unpaired) electrons. The molecule has 2 fully saturated rings. The molecule has 11 atom stereocenters. The van der Waals surface area contributed by atoms with E-state index in [4.69, 9.17) is 28.4 Å². The van der Waals surface area contributed by atoms with Crippen molar-refractivity contribution in [2.24, 2.45) is 0 Å². The van der Waals surface area contributed by atoms with Crippen LogP contribution in [0.15, 0.2) is 85.1 Å². The molecule has 2 heterocycles. The first-order chi connectivity index (χ1) is 33.6. The first-order valence-corrected chi connectivity index (χ1v) is 26.2. The normalized spacial score (nSPS) is 26.4. The number of carbonyl (C=O) groups excluding carboxylic acids is 1. The van der Waals surface area contributed by atoms with E-state index in [-0.39, 0.29) is 19.6 Å². The molecule has 2 rings (SSSR count). The number of hydrogen-bond acceptors (Lipinski definition) is 14. The first-order valence-electron chi connectivity index (χ1n) is 26.2. The SMILES string of the molecule is CC/C=C\C/C=C\C/C=C\C/C=C\C/C=C\C/C=C\CCC(=O)OC(COCCCCCCCC/C=C\CCCCCCCC)COC1OC(COC2OC(CO)C(O)C(O)C2O)C(O)C(O)C1O. The Balaban J connectivity index is 1.81. The molecule has 0 aromatic heterocycles. The van der Waals surface area contributed by atoms with Crippen LogP contribution in [0.3, 0.4) is 0 Å². The molecule has 0 saturated carbocycles.